The number of aryl methyl sites for hydroxylation is 1. The molecule has 5 nitrogen and oxygen atoms in total. The summed E-state index contributed by atoms with van der Waals surface area (Å²) < 4.78 is 2.02. The molecule has 1 heterocycles. The summed E-state index contributed by atoms with van der Waals surface area (Å²) in [6.07, 6.45) is 0. The lowest BCUT2D eigenvalue weighted by molar-refractivity contribution is 0.0949. The Balaban J connectivity index is 1.53. The second-order valence-corrected chi connectivity index (χ2v) is 10.3. The average molecular weight is 471 g/mol. The predicted octanol–water partition coefficient (Wildman–Crippen LogP) is 6.10. The van der Waals surface area contributed by atoms with Gasteiger partial charge in [0.05, 0.1) is 6.54 Å². The molecule has 0 atom stereocenters. The maximum atomic E-state index is 12.8. The summed E-state index contributed by atoms with van der Waals surface area (Å²) in [4.78, 5) is 12.8. The molecule has 1 amide bonds. The van der Waals surface area contributed by atoms with Crippen LogP contribution in [0.2, 0.25) is 0 Å². The van der Waals surface area contributed by atoms with E-state index in [2.05, 4.69) is 79.6 Å². The molecule has 0 fully saturated rings. The topological polar surface area (TPSA) is 59.8 Å². The van der Waals surface area contributed by atoms with Crippen molar-refractivity contribution in [2.75, 3.05) is 0 Å². The number of nitrogens with zero attached hydrogens (tertiary/aromatic N) is 3. The molecule has 4 aromatic rings. The Morgan fingerprint density at radius 2 is 1.59 bits per heavy atom. The van der Waals surface area contributed by atoms with E-state index in [-0.39, 0.29) is 17.9 Å². The molecule has 0 saturated heterocycles. The van der Waals surface area contributed by atoms with Crippen molar-refractivity contribution in [1.29, 1.82) is 0 Å². The average Bonchev–Trinajstić information content (AvgIpc) is 3.24. The molecular formula is C28H30N4OS. The number of amides is 1. The van der Waals surface area contributed by atoms with Gasteiger partial charge in [0.25, 0.3) is 5.91 Å². The first-order valence-electron chi connectivity index (χ1n) is 11.4. The highest BCUT2D eigenvalue weighted by molar-refractivity contribution is 7.98. The number of rotatable bonds is 7. The smallest absolute Gasteiger partial charge is 0.251 e. The van der Waals surface area contributed by atoms with Crippen LogP contribution in [-0.4, -0.2) is 20.7 Å². The van der Waals surface area contributed by atoms with Crippen LogP contribution in [0.1, 0.15) is 53.6 Å². The van der Waals surface area contributed by atoms with Crippen LogP contribution >= 0.6 is 11.8 Å². The first kappa shape index (κ1) is 23.8. The van der Waals surface area contributed by atoms with Crippen molar-refractivity contribution in [3.05, 3.63) is 107 Å². The van der Waals surface area contributed by atoms with Gasteiger partial charge in [-0.05, 0) is 47.7 Å². The molecule has 4 rings (SSSR count). The fourth-order valence-corrected chi connectivity index (χ4v) is 4.49. The molecule has 174 valence electrons. The number of benzene rings is 3. The van der Waals surface area contributed by atoms with Crippen LogP contribution in [0.25, 0.3) is 5.69 Å². The Morgan fingerprint density at radius 3 is 2.24 bits per heavy atom. The summed E-state index contributed by atoms with van der Waals surface area (Å²) in [6.45, 7) is 8.83. The zero-order valence-electron chi connectivity index (χ0n) is 20.1. The molecule has 0 unspecified atom stereocenters. The molecule has 0 aliphatic carbocycles. The molecule has 6 heteroatoms. The third kappa shape index (κ3) is 5.75. The molecule has 0 aliphatic heterocycles. The van der Waals surface area contributed by atoms with Crippen LogP contribution < -0.4 is 5.32 Å². The van der Waals surface area contributed by atoms with Gasteiger partial charge in [-0.15, -0.1) is 10.2 Å². The second-order valence-electron chi connectivity index (χ2n) is 9.35. The van der Waals surface area contributed by atoms with E-state index in [4.69, 9.17) is 0 Å². The van der Waals surface area contributed by atoms with Crippen LogP contribution in [-0.2, 0) is 17.7 Å². The van der Waals surface area contributed by atoms with Crippen molar-refractivity contribution < 1.29 is 4.79 Å². The van der Waals surface area contributed by atoms with E-state index in [0.717, 1.165) is 16.6 Å². The van der Waals surface area contributed by atoms with Crippen LogP contribution in [0.4, 0.5) is 0 Å². The van der Waals surface area contributed by atoms with Crippen LogP contribution in [0.3, 0.4) is 0 Å². The minimum Gasteiger partial charge on any atom is -0.345 e. The highest BCUT2D eigenvalue weighted by atomic mass is 32.2. The van der Waals surface area contributed by atoms with Crippen molar-refractivity contribution in [2.45, 2.75) is 50.6 Å². The van der Waals surface area contributed by atoms with Gasteiger partial charge >= 0.3 is 0 Å². The maximum absolute atomic E-state index is 12.8. The van der Waals surface area contributed by atoms with Gasteiger partial charge in [0.15, 0.2) is 11.0 Å². The second kappa shape index (κ2) is 10.3. The number of hydrogen-bond acceptors (Lipinski definition) is 4. The molecule has 0 bridgehead atoms. The van der Waals surface area contributed by atoms with E-state index < -0.39 is 0 Å². The molecule has 3 aromatic carbocycles. The minimum atomic E-state index is -0.127. The van der Waals surface area contributed by atoms with Gasteiger partial charge in [-0.1, -0.05) is 92.7 Å². The third-order valence-electron chi connectivity index (χ3n) is 5.62. The summed E-state index contributed by atoms with van der Waals surface area (Å²) in [5, 5.41) is 12.7. The normalized spacial score (nSPS) is 11.4. The lowest BCUT2D eigenvalue weighted by atomic mass is 9.87. The van der Waals surface area contributed by atoms with Gasteiger partial charge in [0, 0.05) is 17.0 Å². The number of carbonyl (C=O) groups excluding carboxylic acids is 1. The fraction of sp³-hybridized carbons (Fsp3) is 0.250. The standard InChI is InChI=1S/C28H30N4OS/c1-20-10-16-24(17-11-20)32-25(30-31-27(32)34-19-21-8-6-5-7-9-21)18-29-26(33)22-12-14-23(15-13-22)28(2,3)4/h5-17H,18-19H2,1-4H3,(H,29,33). The van der Waals surface area contributed by atoms with Crippen molar-refractivity contribution in [3.8, 4) is 5.69 Å². The van der Waals surface area contributed by atoms with Gasteiger partial charge in [-0.3, -0.25) is 9.36 Å². The lowest BCUT2D eigenvalue weighted by Crippen LogP contribution is -2.25. The summed E-state index contributed by atoms with van der Waals surface area (Å²) in [5.41, 5.74) is 5.26. The van der Waals surface area contributed by atoms with E-state index in [9.17, 15) is 4.79 Å². The van der Waals surface area contributed by atoms with E-state index in [1.54, 1.807) is 11.8 Å². The van der Waals surface area contributed by atoms with Crippen molar-refractivity contribution >= 4 is 17.7 Å². The summed E-state index contributed by atoms with van der Waals surface area (Å²) in [5.74, 6) is 1.36. The Labute approximate surface area is 205 Å². The molecule has 0 spiro atoms. The van der Waals surface area contributed by atoms with Crippen molar-refractivity contribution in [3.63, 3.8) is 0 Å². The zero-order valence-corrected chi connectivity index (χ0v) is 20.9. The van der Waals surface area contributed by atoms with E-state index in [1.807, 2.05) is 47.0 Å². The van der Waals surface area contributed by atoms with E-state index in [0.29, 0.717) is 11.4 Å². The number of nitrogens with one attached hydrogen (secondary N) is 1. The molecule has 34 heavy (non-hydrogen) atoms. The number of thioether (sulfide) groups is 1. The highest BCUT2D eigenvalue weighted by Crippen LogP contribution is 2.26. The molecule has 1 aromatic heterocycles. The quantitative estimate of drug-likeness (QED) is 0.332. The third-order valence-corrected chi connectivity index (χ3v) is 6.62. The van der Waals surface area contributed by atoms with Gasteiger partial charge in [-0.25, -0.2) is 0 Å². The SMILES string of the molecule is Cc1ccc(-n2c(CNC(=O)c3ccc(C(C)(C)C)cc3)nnc2SCc2ccccc2)cc1. The summed E-state index contributed by atoms with van der Waals surface area (Å²) in [7, 11) is 0. The monoisotopic (exact) mass is 470 g/mol. The highest BCUT2D eigenvalue weighted by Gasteiger charge is 2.17. The largest absolute Gasteiger partial charge is 0.345 e. The Hall–Kier alpha value is -3.38. The van der Waals surface area contributed by atoms with E-state index in [1.165, 1.54) is 16.7 Å². The molecule has 0 aliphatic rings. The lowest BCUT2D eigenvalue weighted by Gasteiger charge is -2.19. The summed E-state index contributed by atoms with van der Waals surface area (Å²) >= 11 is 1.63. The van der Waals surface area contributed by atoms with Gasteiger partial charge in [0.1, 0.15) is 0 Å². The van der Waals surface area contributed by atoms with Crippen LogP contribution in [0, 0.1) is 6.92 Å². The molecule has 1 N–H and O–H groups in total. The van der Waals surface area contributed by atoms with Gasteiger partial charge in [0.2, 0.25) is 0 Å². The van der Waals surface area contributed by atoms with Gasteiger partial charge in [-0.2, -0.15) is 0 Å². The van der Waals surface area contributed by atoms with Crippen molar-refractivity contribution in [1.82, 2.24) is 20.1 Å². The van der Waals surface area contributed by atoms with Crippen molar-refractivity contribution in [2.24, 2.45) is 0 Å². The first-order valence-corrected chi connectivity index (χ1v) is 12.4. The maximum Gasteiger partial charge on any atom is 0.251 e. The summed E-state index contributed by atoms with van der Waals surface area (Å²) in [6, 6.07) is 26.3. The zero-order chi connectivity index (χ0) is 24.1. The molecule has 0 saturated carbocycles. The molecular weight excluding hydrogens is 440 g/mol. The number of carbonyl (C=O) groups is 1. The molecule has 0 radical (unpaired) electrons. The minimum absolute atomic E-state index is 0.0489. The Morgan fingerprint density at radius 1 is 0.912 bits per heavy atom. The number of aromatic nitrogens is 3. The predicted molar refractivity (Wildman–Crippen MR) is 138 cm³/mol. The fourth-order valence-electron chi connectivity index (χ4n) is 3.57. The first-order chi connectivity index (χ1) is 16.3. The van der Waals surface area contributed by atoms with Crippen LogP contribution in [0.15, 0.2) is 84.0 Å². The van der Waals surface area contributed by atoms with E-state index >= 15 is 0 Å². The van der Waals surface area contributed by atoms with Gasteiger partial charge < -0.3 is 5.32 Å². The Bertz CT molecular complexity index is 1240. The number of hydrogen-bond donors (Lipinski definition) is 1. The van der Waals surface area contributed by atoms with Crippen LogP contribution in [0.5, 0.6) is 0 Å². The Kier molecular flexibility index (Phi) is 7.17.